The van der Waals surface area contributed by atoms with Crippen LogP contribution in [-0.4, -0.2) is 17.4 Å². The number of aromatic nitrogens is 2. The largest absolute Gasteiger partial charge is 0.417 e. The fraction of sp³-hybridized carbons (Fsp3) is 0.0952. The van der Waals surface area contributed by atoms with Crippen LogP contribution >= 0.6 is 11.6 Å². The van der Waals surface area contributed by atoms with Gasteiger partial charge >= 0.3 is 6.18 Å². The topological polar surface area (TPSA) is 52.0 Å². The summed E-state index contributed by atoms with van der Waals surface area (Å²) >= 11 is 6.28. The van der Waals surface area contributed by atoms with E-state index in [0.717, 1.165) is 21.8 Å². The highest BCUT2D eigenvalue weighted by atomic mass is 35.5. The van der Waals surface area contributed by atoms with Crippen LogP contribution in [0.4, 0.5) is 13.2 Å². The summed E-state index contributed by atoms with van der Waals surface area (Å²) in [6.07, 6.45) is -2.18. The van der Waals surface area contributed by atoms with E-state index < -0.39 is 21.8 Å². The molecule has 0 aliphatic carbocycles. The molecule has 4 aromatic rings. The number of halogens is 4. The lowest BCUT2D eigenvalue weighted by atomic mass is 9.99. The first kappa shape index (κ1) is 20.4. The Kier molecular flexibility index (Phi) is 4.86. The van der Waals surface area contributed by atoms with Gasteiger partial charge in [0, 0.05) is 23.3 Å². The van der Waals surface area contributed by atoms with E-state index in [4.69, 9.17) is 11.6 Å². The summed E-state index contributed by atoms with van der Waals surface area (Å²) in [7, 11) is -4.12. The van der Waals surface area contributed by atoms with Gasteiger partial charge < -0.3 is 0 Å². The molecule has 4 nitrogen and oxygen atoms in total. The molecule has 0 saturated carbocycles. The maximum absolute atomic E-state index is 13.6. The van der Waals surface area contributed by atoms with Gasteiger partial charge in [-0.1, -0.05) is 47.5 Å². The number of alkyl halides is 3. The van der Waals surface area contributed by atoms with Gasteiger partial charge in [-0.25, -0.2) is 17.4 Å². The minimum Gasteiger partial charge on any atom is -0.237 e. The zero-order valence-electron chi connectivity index (χ0n) is 15.5. The van der Waals surface area contributed by atoms with Crippen molar-refractivity contribution in [2.45, 2.75) is 18.0 Å². The van der Waals surface area contributed by atoms with Gasteiger partial charge in [0.15, 0.2) is 5.65 Å². The Morgan fingerprint density at radius 1 is 0.967 bits per heavy atom. The molecule has 9 heteroatoms. The molecule has 4 rings (SSSR count). The second-order valence-corrected chi connectivity index (χ2v) is 8.91. The Labute approximate surface area is 175 Å². The number of rotatable bonds is 3. The average Bonchev–Trinajstić information content (AvgIpc) is 3.09. The Morgan fingerprint density at radius 2 is 1.63 bits per heavy atom. The molecular formula is C21H14ClF3N2O2S. The number of fused-ring (bicyclic) bond motifs is 1. The van der Waals surface area contributed by atoms with Gasteiger partial charge in [-0.15, -0.1) is 0 Å². The first-order valence-electron chi connectivity index (χ1n) is 8.75. The minimum atomic E-state index is -4.63. The highest BCUT2D eigenvalue weighted by Crippen LogP contribution is 2.42. The molecule has 2 heterocycles. The summed E-state index contributed by atoms with van der Waals surface area (Å²) in [5.41, 5.74) is -0.214. The third-order valence-electron chi connectivity index (χ3n) is 4.70. The molecule has 0 aliphatic rings. The molecule has 0 saturated heterocycles. The van der Waals surface area contributed by atoms with Crippen molar-refractivity contribution in [3.05, 3.63) is 83.1 Å². The summed E-state index contributed by atoms with van der Waals surface area (Å²) in [5.74, 6) is 0. The number of hydrogen-bond donors (Lipinski definition) is 0. The summed E-state index contributed by atoms with van der Waals surface area (Å²) in [4.78, 5) is 4.10. The summed E-state index contributed by atoms with van der Waals surface area (Å²) in [6.45, 7) is 1.81. The van der Waals surface area contributed by atoms with E-state index in [2.05, 4.69) is 4.98 Å². The molecule has 0 atom stereocenters. The summed E-state index contributed by atoms with van der Waals surface area (Å²) in [6, 6.07) is 12.5. The van der Waals surface area contributed by atoms with Crippen molar-refractivity contribution in [3.63, 3.8) is 0 Å². The number of hydrogen-bond acceptors (Lipinski definition) is 3. The third kappa shape index (κ3) is 3.36. The molecular weight excluding hydrogens is 437 g/mol. The Bertz CT molecular complexity index is 1360. The Morgan fingerprint density at radius 3 is 2.30 bits per heavy atom. The van der Waals surface area contributed by atoms with Gasteiger partial charge in [0.25, 0.3) is 10.0 Å². The van der Waals surface area contributed by atoms with Crippen molar-refractivity contribution in [2.24, 2.45) is 0 Å². The molecule has 0 aliphatic heterocycles. The van der Waals surface area contributed by atoms with Crippen LogP contribution in [0.5, 0.6) is 0 Å². The van der Waals surface area contributed by atoms with Crippen LogP contribution in [0.15, 0.2) is 71.9 Å². The fourth-order valence-electron chi connectivity index (χ4n) is 3.26. The predicted octanol–water partition coefficient (Wildman–Crippen LogP) is 5.92. The zero-order valence-corrected chi connectivity index (χ0v) is 17.1. The van der Waals surface area contributed by atoms with Gasteiger partial charge in [-0.2, -0.15) is 13.2 Å². The van der Waals surface area contributed by atoms with Crippen LogP contribution < -0.4 is 0 Å². The van der Waals surface area contributed by atoms with Crippen LogP contribution in [0.25, 0.3) is 22.2 Å². The van der Waals surface area contributed by atoms with Gasteiger partial charge in [0.05, 0.1) is 15.5 Å². The molecule has 30 heavy (non-hydrogen) atoms. The van der Waals surface area contributed by atoms with E-state index in [0.29, 0.717) is 0 Å². The fourth-order valence-corrected chi connectivity index (χ4v) is 4.82. The van der Waals surface area contributed by atoms with Crippen molar-refractivity contribution < 1.29 is 21.6 Å². The summed E-state index contributed by atoms with van der Waals surface area (Å²) in [5, 5.41) is 0.233. The normalized spacial score (nSPS) is 12.4. The lowest BCUT2D eigenvalue weighted by Crippen LogP contribution is -2.12. The number of benzene rings is 2. The lowest BCUT2D eigenvalue weighted by molar-refractivity contribution is -0.137. The molecule has 2 aromatic carbocycles. The molecule has 0 radical (unpaired) electrons. The zero-order chi connectivity index (χ0) is 21.7. The highest BCUT2D eigenvalue weighted by molar-refractivity contribution is 7.90. The maximum Gasteiger partial charge on any atom is 0.417 e. The van der Waals surface area contributed by atoms with E-state index >= 15 is 0 Å². The highest BCUT2D eigenvalue weighted by Gasteiger charge is 2.35. The lowest BCUT2D eigenvalue weighted by Gasteiger charge is -2.12. The molecule has 0 spiro atoms. The minimum absolute atomic E-state index is 0.0116. The van der Waals surface area contributed by atoms with E-state index in [1.807, 2.05) is 6.92 Å². The number of pyridine rings is 1. The van der Waals surface area contributed by atoms with Crippen LogP contribution in [-0.2, 0) is 16.2 Å². The first-order chi connectivity index (χ1) is 14.1. The van der Waals surface area contributed by atoms with Gasteiger partial charge in [0.1, 0.15) is 0 Å². The van der Waals surface area contributed by atoms with E-state index in [-0.39, 0.29) is 32.1 Å². The Hall–Kier alpha value is -2.84. The second kappa shape index (κ2) is 7.14. The standard InChI is InChI=1S/C21H14ClF3N2O2S/c1-13-6-8-14(9-7-13)30(28,29)27-12-16(19-18(22)10-11-26-20(19)27)15-4-2-3-5-17(15)21(23,24)25/h2-12H,1H3. The van der Waals surface area contributed by atoms with Crippen molar-refractivity contribution in [1.82, 2.24) is 8.96 Å². The van der Waals surface area contributed by atoms with Crippen molar-refractivity contribution >= 4 is 32.7 Å². The quantitative estimate of drug-likeness (QED) is 0.389. The van der Waals surface area contributed by atoms with E-state index in [1.54, 1.807) is 12.1 Å². The van der Waals surface area contributed by atoms with Crippen LogP contribution in [0.2, 0.25) is 5.02 Å². The number of aryl methyl sites for hydroxylation is 1. The van der Waals surface area contributed by atoms with Crippen molar-refractivity contribution in [2.75, 3.05) is 0 Å². The van der Waals surface area contributed by atoms with E-state index in [1.165, 1.54) is 42.6 Å². The molecule has 0 unspecified atom stereocenters. The first-order valence-corrected chi connectivity index (χ1v) is 10.6. The third-order valence-corrected chi connectivity index (χ3v) is 6.68. The number of nitrogens with zero attached hydrogens (tertiary/aromatic N) is 2. The molecule has 0 N–H and O–H groups in total. The van der Waals surface area contributed by atoms with Crippen LogP contribution in [0, 0.1) is 6.92 Å². The monoisotopic (exact) mass is 450 g/mol. The molecule has 0 bridgehead atoms. The van der Waals surface area contributed by atoms with Crippen LogP contribution in [0.3, 0.4) is 0 Å². The van der Waals surface area contributed by atoms with Gasteiger partial charge in [0.2, 0.25) is 0 Å². The van der Waals surface area contributed by atoms with Gasteiger partial charge in [-0.3, -0.25) is 0 Å². The average molecular weight is 451 g/mol. The molecule has 154 valence electrons. The Balaban J connectivity index is 2.06. The molecule has 0 amide bonds. The SMILES string of the molecule is Cc1ccc(S(=O)(=O)n2cc(-c3ccccc3C(F)(F)F)c3c(Cl)ccnc32)cc1. The van der Waals surface area contributed by atoms with Crippen LogP contribution in [0.1, 0.15) is 11.1 Å². The molecule has 2 aromatic heterocycles. The smallest absolute Gasteiger partial charge is 0.237 e. The van der Waals surface area contributed by atoms with E-state index in [9.17, 15) is 21.6 Å². The maximum atomic E-state index is 13.6. The molecule has 0 fully saturated rings. The summed E-state index contributed by atoms with van der Waals surface area (Å²) < 4.78 is 68.2. The predicted molar refractivity (Wildman–Crippen MR) is 109 cm³/mol. The van der Waals surface area contributed by atoms with Crippen molar-refractivity contribution in [3.8, 4) is 11.1 Å². The van der Waals surface area contributed by atoms with Crippen molar-refractivity contribution in [1.29, 1.82) is 0 Å². The second-order valence-electron chi connectivity index (χ2n) is 6.69. The van der Waals surface area contributed by atoms with Gasteiger partial charge in [-0.05, 0) is 36.8 Å².